The van der Waals surface area contributed by atoms with Gasteiger partial charge in [-0.2, -0.15) is 0 Å². The molecule has 0 radical (unpaired) electrons. The highest BCUT2D eigenvalue weighted by Crippen LogP contribution is 2.50. The molecule has 0 unspecified atom stereocenters. The van der Waals surface area contributed by atoms with E-state index in [0.29, 0.717) is 36.7 Å². The number of esters is 1. The molecule has 0 aromatic heterocycles. The van der Waals surface area contributed by atoms with Crippen molar-refractivity contribution >= 4 is 14.3 Å². The van der Waals surface area contributed by atoms with Gasteiger partial charge in [0.1, 0.15) is 23.7 Å². The van der Waals surface area contributed by atoms with E-state index in [2.05, 4.69) is 60.7 Å². The Morgan fingerprint density at radius 1 is 1.12 bits per heavy atom. The molecular weight excluding hydrogens is 637 g/mol. The molecule has 0 saturated carbocycles. The molecule has 9 heteroatoms. The predicted molar refractivity (Wildman–Crippen MR) is 194 cm³/mol. The molecule has 12 atom stereocenters. The number of aliphatic hydroxyl groups is 2. The monoisotopic (exact) mass is 700 g/mol. The molecule has 8 nitrogen and oxygen atoms in total. The van der Waals surface area contributed by atoms with E-state index in [0.717, 1.165) is 30.4 Å². The third kappa shape index (κ3) is 7.65. The first-order valence-electron chi connectivity index (χ1n) is 18.8. The van der Waals surface area contributed by atoms with Crippen molar-refractivity contribution in [3.05, 3.63) is 47.1 Å². The third-order valence-electron chi connectivity index (χ3n) is 12.7. The fraction of sp³-hybridized carbons (Fsp3) is 0.775. The zero-order chi connectivity index (χ0) is 36.1. The fourth-order valence-electron chi connectivity index (χ4n) is 8.18. The summed E-state index contributed by atoms with van der Waals surface area (Å²) in [6.07, 6.45) is 11.1. The van der Waals surface area contributed by atoms with Crippen LogP contribution in [-0.4, -0.2) is 79.1 Å². The minimum atomic E-state index is -2.29. The quantitative estimate of drug-likeness (QED) is 0.176. The standard InChI is InChI=1S/C40H64O8Si/c1-12-24(2)34-27(5)18-19-39(47-34)22-31-21-30(46-39)17-16-26(4)33(41)25(3)14-13-15-29-23-44-36-35(48-49(10,11)38(7,8)9)28(6)20-32(37(42)45-31)40(29,36)43/h13-16,20,24-25,27,30-36,41,43H,12,17-19,21-23H2,1-11H3/b14-13-,26-16-,29-15?/t24-,25-,27-,30+,31-,32-,33+,34+,35+,36+,39+,40+/m0/s1. The van der Waals surface area contributed by atoms with Gasteiger partial charge < -0.3 is 33.6 Å². The van der Waals surface area contributed by atoms with Crippen molar-refractivity contribution < 1.29 is 38.4 Å². The van der Waals surface area contributed by atoms with Crippen molar-refractivity contribution in [2.75, 3.05) is 6.61 Å². The van der Waals surface area contributed by atoms with Crippen LogP contribution in [0.2, 0.25) is 18.1 Å². The molecule has 49 heavy (non-hydrogen) atoms. The van der Waals surface area contributed by atoms with Gasteiger partial charge in [0.15, 0.2) is 14.1 Å². The molecule has 1 spiro atoms. The average Bonchev–Trinajstić information content (AvgIpc) is 3.36. The van der Waals surface area contributed by atoms with Crippen molar-refractivity contribution in [1.82, 2.24) is 0 Å². The molecule has 0 amide bonds. The number of hydrogen-bond donors (Lipinski definition) is 2. The summed E-state index contributed by atoms with van der Waals surface area (Å²) < 4.78 is 33.5. The van der Waals surface area contributed by atoms with E-state index < -0.39 is 56.0 Å². The molecule has 5 aliphatic rings. The summed E-state index contributed by atoms with van der Waals surface area (Å²) in [5.41, 5.74) is 0.674. The van der Waals surface area contributed by atoms with Gasteiger partial charge in [-0.05, 0) is 73.4 Å². The van der Waals surface area contributed by atoms with Crippen LogP contribution in [0.4, 0.5) is 0 Å². The van der Waals surface area contributed by atoms with E-state index in [9.17, 15) is 15.0 Å². The van der Waals surface area contributed by atoms with Crippen LogP contribution < -0.4 is 0 Å². The van der Waals surface area contributed by atoms with Crippen molar-refractivity contribution in [3.8, 4) is 0 Å². The van der Waals surface area contributed by atoms with Crippen LogP contribution in [0.3, 0.4) is 0 Å². The highest BCUT2D eigenvalue weighted by molar-refractivity contribution is 6.74. The van der Waals surface area contributed by atoms with Gasteiger partial charge in [0.25, 0.3) is 0 Å². The van der Waals surface area contributed by atoms with E-state index in [1.807, 2.05) is 45.1 Å². The van der Waals surface area contributed by atoms with E-state index in [4.69, 9.17) is 23.4 Å². The van der Waals surface area contributed by atoms with Crippen LogP contribution in [-0.2, 0) is 28.2 Å². The fourth-order valence-corrected chi connectivity index (χ4v) is 9.48. The number of ether oxygens (including phenoxy) is 4. The number of aliphatic hydroxyl groups excluding tert-OH is 1. The number of rotatable bonds is 4. The Morgan fingerprint density at radius 3 is 2.51 bits per heavy atom. The minimum Gasteiger partial charge on any atom is -0.462 e. The Hall–Kier alpha value is -1.59. The zero-order valence-electron chi connectivity index (χ0n) is 32.0. The molecule has 2 N–H and O–H groups in total. The molecule has 1 aliphatic carbocycles. The Labute approximate surface area is 296 Å². The number of carbonyl (C=O) groups excluding carboxylic acids is 1. The molecule has 0 aromatic carbocycles. The number of allylic oxidation sites excluding steroid dienone is 2. The second-order valence-electron chi connectivity index (χ2n) is 17.4. The molecule has 3 fully saturated rings. The predicted octanol–water partition coefficient (Wildman–Crippen LogP) is 7.56. The lowest BCUT2D eigenvalue weighted by Gasteiger charge is -2.51. The summed E-state index contributed by atoms with van der Waals surface area (Å²) >= 11 is 0. The van der Waals surface area contributed by atoms with Gasteiger partial charge in [-0.1, -0.05) is 85.3 Å². The van der Waals surface area contributed by atoms with Crippen LogP contribution in [0.25, 0.3) is 0 Å². The summed E-state index contributed by atoms with van der Waals surface area (Å²) in [5, 5.41) is 24.0. The first-order valence-corrected chi connectivity index (χ1v) is 21.7. The molecular formula is C40H64O8Si. The summed E-state index contributed by atoms with van der Waals surface area (Å²) in [4.78, 5) is 14.5. The highest BCUT2D eigenvalue weighted by atomic mass is 28.4. The van der Waals surface area contributed by atoms with E-state index >= 15 is 0 Å². The Balaban J connectivity index is 1.55. The zero-order valence-corrected chi connectivity index (χ0v) is 33.0. The topological polar surface area (TPSA) is 104 Å². The molecule has 2 bridgehead atoms. The van der Waals surface area contributed by atoms with Crippen LogP contribution in [0.5, 0.6) is 0 Å². The van der Waals surface area contributed by atoms with Gasteiger partial charge in [-0.25, -0.2) is 0 Å². The molecule has 0 aromatic rings. The summed E-state index contributed by atoms with van der Waals surface area (Å²) in [5.74, 6) is -1.72. The van der Waals surface area contributed by atoms with E-state index in [1.54, 1.807) is 0 Å². The maximum Gasteiger partial charge on any atom is 0.316 e. The lowest BCUT2D eigenvalue weighted by atomic mass is 9.71. The average molecular weight is 701 g/mol. The maximum absolute atomic E-state index is 14.5. The van der Waals surface area contributed by atoms with Crippen LogP contribution >= 0.6 is 0 Å². The van der Waals surface area contributed by atoms with Crippen molar-refractivity contribution in [2.24, 2.45) is 23.7 Å². The van der Waals surface area contributed by atoms with Gasteiger partial charge in [-0.3, -0.25) is 4.79 Å². The first-order chi connectivity index (χ1) is 22.8. The lowest BCUT2D eigenvalue weighted by Crippen LogP contribution is -2.60. The van der Waals surface area contributed by atoms with E-state index in [-0.39, 0.29) is 29.8 Å². The third-order valence-corrected chi connectivity index (χ3v) is 17.1. The Kier molecular flexibility index (Phi) is 11.4. The van der Waals surface area contributed by atoms with Gasteiger partial charge >= 0.3 is 5.97 Å². The number of carbonyl (C=O) groups is 1. The van der Waals surface area contributed by atoms with Crippen molar-refractivity contribution in [2.45, 2.75) is 167 Å². The van der Waals surface area contributed by atoms with Crippen LogP contribution in [0.1, 0.15) is 101 Å². The SMILES string of the molecule is CC[C@H](C)[C@H]1O[C@]2(CC[C@@H]1C)C[C@@H]1C[C@@H](C/C=C(/C)[C@H](O)[C@@H](C)/C=C\C=C3CO[C@@H]4[C@H](O[Si](C)(C)C(C)(C)C)C(C)=C[C@@H](C(=O)O1)[C@]34O)O2. The second kappa shape index (κ2) is 14.4. The summed E-state index contributed by atoms with van der Waals surface area (Å²) in [6.45, 7) is 23.7. The minimum absolute atomic E-state index is 0.0463. The van der Waals surface area contributed by atoms with E-state index in [1.165, 1.54) is 0 Å². The van der Waals surface area contributed by atoms with Crippen molar-refractivity contribution in [1.29, 1.82) is 0 Å². The highest BCUT2D eigenvalue weighted by Gasteiger charge is 2.61. The molecule has 276 valence electrons. The first kappa shape index (κ1) is 38.6. The smallest absolute Gasteiger partial charge is 0.316 e. The largest absolute Gasteiger partial charge is 0.462 e. The second-order valence-corrected chi connectivity index (χ2v) is 22.2. The summed E-state index contributed by atoms with van der Waals surface area (Å²) in [6, 6.07) is 0. The number of fused-ring (bicyclic) bond motifs is 2. The summed E-state index contributed by atoms with van der Waals surface area (Å²) in [7, 11) is -2.29. The molecule has 3 saturated heterocycles. The molecule has 5 rings (SSSR count). The lowest BCUT2D eigenvalue weighted by molar-refractivity contribution is -0.340. The molecule has 4 aliphatic heterocycles. The number of hydrogen-bond acceptors (Lipinski definition) is 8. The van der Waals surface area contributed by atoms with Gasteiger partial charge in [0.2, 0.25) is 0 Å². The van der Waals surface area contributed by atoms with Gasteiger partial charge in [0, 0.05) is 25.2 Å². The Bertz CT molecular complexity index is 1340. The molecule has 4 heterocycles. The van der Waals surface area contributed by atoms with Gasteiger partial charge in [0.05, 0.1) is 31.0 Å². The van der Waals surface area contributed by atoms with Gasteiger partial charge in [-0.15, -0.1) is 0 Å². The normalized spacial score (nSPS) is 43.1. The van der Waals surface area contributed by atoms with Crippen LogP contribution in [0, 0.1) is 23.7 Å². The van der Waals surface area contributed by atoms with Crippen LogP contribution in [0.15, 0.2) is 47.1 Å². The van der Waals surface area contributed by atoms with Crippen molar-refractivity contribution in [3.63, 3.8) is 0 Å². The Morgan fingerprint density at radius 2 is 1.84 bits per heavy atom. The maximum atomic E-state index is 14.5.